The normalized spacial score (nSPS) is 13.3. The van der Waals surface area contributed by atoms with Crippen LogP contribution in [0.25, 0.3) is 0 Å². The number of carboxylic acids is 1. The number of hydrogen-bond acceptors (Lipinski definition) is 3. The molecule has 0 heterocycles. The summed E-state index contributed by atoms with van der Waals surface area (Å²) >= 11 is 0. The Hall–Kier alpha value is -2.04. The van der Waals surface area contributed by atoms with Gasteiger partial charge >= 0.3 is 5.97 Å². The van der Waals surface area contributed by atoms with Gasteiger partial charge in [0.05, 0.1) is 5.92 Å². The van der Waals surface area contributed by atoms with Gasteiger partial charge in [-0.25, -0.2) is 0 Å². The minimum Gasteiger partial charge on any atom is -0.481 e. The summed E-state index contributed by atoms with van der Waals surface area (Å²) in [4.78, 5) is 24.5. The molecule has 1 N–H and O–H groups in total. The molecular formula is C15H21NO4. The van der Waals surface area contributed by atoms with Crippen molar-refractivity contribution in [3.63, 3.8) is 0 Å². The molecule has 2 unspecified atom stereocenters. The average molecular weight is 279 g/mol. The average Bonchev–Trinajstić information content (AvgIpc) is 2.44. The Kier molecular flexibility index (Phi) is 6.03. The highest BCUT2D eigenvalue weighted by Gasteiger charge is 2.24. The molecule has 0 aliphatic rings. The molecule has 20 heavy (non-hydrogen) atoms. The molecule has 0 radical (unpaired) electrons. The molecule has 0 aromatic heterocycles. The van der Waals surface area contributed by atoms with Gasteiger partial charge in [0.2, 0.25) is 0 Å². The van der Waals surface area contributed by atoms with Crippen molar-refractivity contribution in [2.75, 3.05) is 13.6 Å². The number of likely N-dealkylation sites (N-methyl/N-ethyl adjacent to an activating group) is 1. The maximum Gasteiger partial charge on any atom is 0.308 e. The quantitative estimate of drug-likeness (QED) is 0.829. The number of nitrogens with zero attached hydrogens (tertiary/aromatic N) is 1. The smallest absolute Gasteiger partial charge is 0.308 e. The van der Waals surface area contributed by atoms with Crippen LogP contribution in [0.5, 0.6) is 5.75 Å². The predicted molar refractivity (Wildman–Crippen MR) is 75.6 cm³/mol. The molecule has 5 heteroatoms. The first-order valence-corrected chi connectivity index (χ1v) is 6.65. The van der Waals surface area contributed by atoms with Crippen LogP contribution in [0, 0.1) is 5.92 Å². The lowest BCUT2D eigenvalue weighted by Gasteiger charge is -2.25. The molecule has 0 fully saturated rings. The Balaban J connectivity index is 2.64. The van der Waals surface area contributed by atoms with Crippen LogP contribution >= 0.6 is 0 Å². The van der Waals surface area contributed by atoms with Crippen LogP contribution in [0.1, 0.15) is 20.3 Å². The first-order valence-electron chi connectivity index (χ1n) is 6.65. The van der Waals surface area contributed by atoms with Crippen molar-refractivity contribution < 1.29 is 19.4 Å². The van der Waals surface area contributed by atoms with Crippen molar-refractivity contribution in [1.29, 1.82) is 0 Å². The number of rotatable bonds is 7. The molecule has 0 aliphatic heterocycles. The number of carbonyl (C=O) groups excluding carboxylic acids is 1. The topological polar surface area (TPSA) is 66.8 Å². The lowest BCUT2D eigenvalue weighted by atomic mass is 10.1. The van der Waals surface area contributed by atoms with Crippen LogP contribution in [-0.2, 0) is 9.59 Å². The fourth-order valence-corrected chi connectivity index (χ4v) is 1.80. The molecule has 0 saturated carbocycles. The van der Waals surface area contributed by atoms with E-state index in [-0.39, 0.29) is 12.5 Å². The molecule has 110 valence electrons. The van der Waals surface area contributed by atoms with Crippen LogP contribution in [0.15, 0.2) is 30.3 Å². The third-order valence-corrected chi connectivity index (χ3v) is 3.01. The van der Waals surface area contributed by atoms with E-state index >= 15 is 0 Å². The molecule has 1 rings (SSSR count). The molecular weight excluding hydrogens is 258 g/mol. The number of hydrogen-bond donors (Lipinski definition) is 1. The number of ether oxygens (including phenoxy) is 1. The van der Waals surface area contributed by atoms with E-state index in [1.807, 2.05) is 25.1 Å². The van der Waals surface area contributed by atoms with Crippen molar-refractivity contribution >= 4 is 11.9 Å². The zero-order chi connectivity index (χ0) is 15.1. The lowest BCUT2D eigenvalue weighted by molar-refractivity contribution is -0.144. The van der Waals surface area contributed by atoms with Crippen molar-refractivity contribution in [3.05, 3.63) is 30.3 Å². The number of amides is 1. The zero-order valence-electron chi connectivity index (χ0n) is 12.1. The second-order valence-electron chi connectivity index (χ2n) is 4.79. The first kappa shape index (κ1) is 16.0. The summed E-state index contributed by atoms with van der Waals surface area (Å²) in [5.41, 5.74) is 0. The third-order valence-electron chi connectivity index (χ3n) is 3.01. The Morgan fingerprint density at radius 1 is 1.30 bits per heavy atom. The largest absolute Gasteiger partial charge is 0.481 e. The van der Waals surface area contributed by atoms with E-state index in [9.17, 15) is 9.59 Å². The van der Waals surface area contributed by atoms with Crippen molar-refractivity contribution in [2.24, 2.45) is 5.92 Å². The lowest BCUT2D eigenvalue weighted by Crippen LogP contribution is -2.42. The second kappa shape index (κ2) is 7.53. The van der Waals surface area contributed by atoms with Gasteiger partial charge in [-0.3, -0.25) is 9.59 Å². The van der Waals surface area contributed by atoms with E-state index in [4.69, 9.17) is 9.84 Å². The van der Waals surface area contributed by atoms with E-state index in [1.165, 1.54) is 4.90 Å². The van der Waals surface area contributed by atoms with E-state index in [2.05, 4.69) is 0 Å². The fraction of sp³-hybridized carbons (Fsp3) is 0.467. The van der Waals surface area contributed by atoms with Gasteiger partial charge in [0, 0.05) is 13.6 Å². The molecule has 0 bridgehead atoms. The monoisotopic (exact) mass is 279 g/mol. The number of aliphatic carboxylic acids is 1. The van der Waals surface area contributed by atoms with Gasteiger partial charge in [-0.15, -0.1) is 0 Å². The molecule has 5 nitrogen and oxygen atoms in total. The standard InChI is InChI=1S/C15H21NO4/c1-4-13(20-12-8-6-5-7-9-12)14(17)16(3)10-11(2)15(18)19/h5-9,11,13H,4,10H2,1-3H3,(H,18,19). The van der Waals surface area contributed by atoms with E-state index < -0.39 is 18.0 Å². The van der Waals surface area contributed by atoms with Crippen LogP contribution in [0.2, 0.25) is 0 Å². The molecule has 1 aromatic rings. The van der Waals surface area contributed by atoms with Crippen molar-refractivity contribution in [2.45, 2.75) is 26.4 Å². The minimum absolute atomic E-state index is 0.169. The van der Waals surface area contributed by atoms with Gasteiger partial charge in [-0.05, 0) is 18.6 Å². The summed E-state index contributed by atoms with van der Waals surface area (Å²) in [5.74, 6) is -1.09. The van der Waals surface area contributed by atoms with Crippen molar-refractivity contribution in [1.82, 2.24) is 4.90 Å². The van der Waals surface area contributed by atoms with Gasteiger partial charge < -0.3 is 14.7 Å². The zero-order valence-corrected chi connectivity index (χ0v) is 12.1. The summed E-state index contributed by atoms with van der Waals surface area (Å²) in [5, 5.41) is 8.87. The van der Waals surface area contributed by atoms with E-state index in [0.29, 0.717) is 12.2 Å². The third kappa shape index (κ3) is 4.57. The second-order valence-corrected chi connectivity index (χ2v) is 4.79. The molecule has 1 aromatic carbocycles. The Labute approximate surface area is 119 Å². The van der Waals surface area contributed by atoms with E-state index in [1.54, 1.807) is 26.1 Å². The number of carbonyl (C=O) groups is 2. The Bertz CT molecular complexity index is 446. The number of carboxylic acid groups (broad SMARTS) is 1. The van der Waals surface area contributed by atoms with Gasteiger partial charge in [0.25, 0.3) is 5.91 Å². The predicted octanol–water partition coefficient (Wildman–Crippen LogP) is 2.02. The molecule has 0 spiro atoms. The molecule has 2 atom stereocenters. The highest BCUT2D eigenvalue weighted by Crippen LogP contribution is 2.14. The van der Waals surface area contributed by atoms with Crippen molar-refractivity contribution in [3.8, 4) is 5.75 Å². The molecule has 0 saturated heterocycles. The van der Waals surface area contributed by atoms with Crippen LogP contribution < -0.4 is 4.74 Å². The summed E-state index contributed by atoms with van der Waals surface area (Å²) in [7, 11) is 1.60. The van der Waals surface area contributed by atoms with Gasteiger partial charge in [0.1, 0.15) is 5.75 Å². The van der Waals surface area contributed by atoms with Crippen LogP contribution in [0.3, 0.4) is 0 Å². The molecule has 1 amide bonds. The SMILES string of the molecule is CCC(Oc1ccccc1)C(=O)N(C)CC(C)C(=O)O. The summed E-state index contributed by atoms with van der Waals surface area (Å²) in [6.45, 7) is 3.61. The highest BCUT2D eigenvalue weighted by atomic mass is 16.5. The number of para-hydroxylation sites is 1. The molecule has 0 aliphatic carbocycles. The van der Waals surface area contributed by atoms with Crippen LogP contribution in [-0.4, -0.2) is 41.6 Å². The summed E-state index contributed by atoms with van der Waals surface area (Å²) < 4.78 is 5.65. The summed E-state index contributed by atoms with van der Waals surface area (Å²) in [6, 6.07) is 9.12. The maximum atomic E-state index is 12.2. The Morgan fingerprint density at radius 2 is 1.90 bits per heavy atom. The highest BCUT2D eigenvalue weighted by molar-refractivity contribution is 5.81. The Morgan fingerprint density at radius 3 is 2.40 bits per heavy atom. The summed E-state index contributed by atoms with van der Waals surface area (Å²) in [6.07, 6.45) is -0.0668. The maximum absolute atomic E-state index is 12.2. The first-order chi connectivity index (χ1) is 9.45. The van der Waals surface area contributed by atoms with Crippen LogP contribution in [0.4, 0.5) is 0 Å². The van der Waals surface area contributed by atoms with E-state index in [0.717, 1.165) is 0 Å². The fourth-order valence-electron chi connectivity index (χ4n) is 1.80. The van der Waals surface area contributed by atoms with Gasteiger partial charge in [-0.2, -0.15) is 0 Å². The van der Waals surface area contributed by atoms with Gasteiger partial charge in [-0.1, -0.05) is 32.0 Å². The minimum atomic E-state index is -0.915. The van der Waals surface area contributed by atoms with Gasteiger partial charge in [0.15, 0.2) is 6.10 Å². The number of benzene rings is 1.